The highest BCUT2D eigenvalue weighted by molar-refractivity contribution is 5.95. The van der Waals surface area contributed by atoms with Gasteiger partial charge in [0.2, 0.25) is 0 Å². The molecule has 3 N–H and O–H groups in total. The summed E-state index contributed by atoms with van der Waals surface area (Å²) in [6.07, 6.45) is -0.697. The number of halogens is 3. The van der Waals surface area contributed by atoms with Crippen molar-refractivity contribution in [2.75, 3.05) is 39.6 Å². The van der Waals surface area contributed by atoms with E-state index in [0.717, 1.165) is 41.8 Å². The standard InChI is InChI=1S/C27H30N6O2.C2HF3O2/c1-17-5-7-21-19(11-17)12-23(29-21)24-14-28-15-26(31-24)30-22-8-6-18(13-25(22)35-4)27(34)33(3)20-9-10-32(2)16-20;3-2(4,5)1(6)7/h5-8,11-15,20,29H,9-10,16H2,1-4H3,(H,30,31);(H,6,7). The Morgan fingerprint density at radius 2 is 1.90 bits per heavy atom. The third kappa shape index (κ3) is 7.16. The van der Waals surface area contributed by atoms with E-state index in [1.807, 2.05) is 24.1 Å². The zero-order chi connectivity index (χ0) is 30.6. The number of carbonyl (C=O) groups is 2. The van der Waals surface area contributed by atoms with E-state index in [1.165, 1.54) is 5.56 Å². The second-order valence-electron chi connectivity index (χ2n) is 10.0. The number of aromatic amines is 1. The first-order chi connectivity index (χ1) is 19.8. The molecule has 5 rings (SSSR count). The Balaban J connectivity index is 0.000000517. The van der Waals surface area contributed by atoms with Crippen LogP contribution in [0.5, 0.6) is 5.75 Å². The van der Waals surface area contributed by atoms with Gasteiger partial charge in [-0.25, -0.2) is 9.78 Å². The molecule has 2 aromatic heterocycles. The molecule has 1 aliphatic heterocycles. The Kier molecular flexibility index (Phi) is 9.00. The molecule has 0 bridgehead atoms. The highest BCUT2D eigenvalue weighted by atomic mass is 19.4. The van der Waals surface area contributed by atoms with Crippen molar-refractivity contribution >= 4 is 34.3 Å². The molecular formula is C29H31F3N6O4. The van der Waals surface area contributed by atoms with E-state index in [2.05, 4.69) is 58.4 Å². The third-order valence-corrected chi connectivity index (χ3v) is 6.87. The molecule has 1 unspecified atom stereocenters. The monoisotopic (exact) mass is 584 g/mol. The van der Waals surface area contributed by atoms with Crippen molar-refractivity contribution < 1.29 is 32.6 Å². The quantitative estimate of drug-likeness (QED) is 0.286. The maximum absolute atomic E-state index is 13.1. The third-order valence-electron chi connectivity index (χ3n) is 6.87. The molecule has 1 aliphatic rings. The maximum Gasteiger partial charge on any atom is 0.490 e. The number of anilines is 2. The second kappa shape index (κ2) is 12.5. The summed E-state index contributed by atoms with van der Waals surface area (Å²) in [4.78, 5) is 38.6. The Morgan fingerprint density at radius 1 is 1.17 bits per heavy atom. The molecule has 222 valence electrons. The van der Waals surface area contributed by atoms with Gasteiger partial charge in [-0.3, -0.25) is 9.78 Å². The van der Waals surface area contributed by atoms with Crippen molar-refractivity contribution in [3.05, 3.63) is 66.0 Å². The number of ether oxygens (including phenoxy) is 1. The molecule has 2 aromatic carbocycles. The lowest BCUT2D eigenvalue weighted by molar-refractivity contribution is -0.192. The normalized spacial score (nSPS) is 15.2. The number of nitrogens with one attached hydrogen (secondary N) is 2. The van der Waals surface area contributed by atoms with Crippen molar-refractivity contribution in [3.8, 4) is 17.1 Å². The number of likely N-dealkylation sites (tertiary alicyclic amines) is 1. The molecule has 1 atom stereocenters. The van der Waals surface area contributed by atoms with Crippen LogP contribution in [0, 0.1) is 6.92 Å². The largest absolute Gasteiger partial charge is 0.495 e. The SMILES string of the molecule is COc1cc(C(=O)N(C)C2CCN(C)C2)ccc1Nc1cncc(-c2cc3cc(C)ccc3[nH]2)n1.O=C(O)C(F)(F)F. The van der Waals surface area contributed by atoms with E-state index in [4.69, 9.17) is 19.6 Å². The summed E-state index contributed by atoms with van der Waals surface area (Å²) in [7, 11) is 5.55. The van der Waals surface area contributed by atoms with Crippen LogP contribution in [0.15, 0.2) is 54.9 Å². The van der Waals surface area contributed by atoms with Gasteiger partial charge in [0.15, 0.2) is 0 Å². The Morgan fingerprint density at radius 3 is 2.55 bits per heavy atom. The fourth-order valence-electron chi connectivity index (χ4n) is 4.61. The summed E-state index contributed by atoms with van der Waals surface area (Å²) in [6, 6.07) is 14.0. The molecule has 0 spiro atoms. The number of carboxylic acids is 1. The summed E-state index contributed by atoms with van der Waals surface area (Å²) < 4.78 is 37.3. The molecule has 3 heterocycles. The highest BCUT2D eigenvalue weighted by Gasteiger charge is 2.38. The van der Waals surface area contributed by atoms with E-state index in [-0.39, 0.29) is 11.9 Å². The van der Waals surface area contributed by atoms with Crippen molar-refractivity contribution in [1.82, 2.24) is 24.8 Å². The van der Waals surface area contributed by atoms with Gasteiger partial charge in [-0.05, 0) is 63.3 Å². The minimum Gasteiger partial charge on any atom is -0.495 e. The van der Waals surface area contributed by atoms with Crippen molar-refractivity contribution in [3.63, 3.8) is 0 Å². The summed E-state index contributed by atoms with van der Waals surface area (Å²) in [5, 5.41) is 11.5. The maximum atomic E-state index is 13.1. The zero-order valence-electron chi connectivity index (χ0n) is 23.5. The average Bonchev–Trinajstić information content (AvgIpc) is 3.58. The number of fused-ring (bicyclic) bond motifs is 1. The van der Waals surface area contributed by atoms with E-state index < -0.39 is 12.1 Å². The van der Waals surface area contributed by atoms with Crippen LogP contribution in [-0.4, -0.2) is 88.2 Å². The number of hydrogen-bond donors (Lipinski definition) is 3. The molecule has 0 radical (unpaired) electrons. The summed E-state index contributed by atoms with van der Waals surface area (Å²) >= 11 is 0. The number of methoxy groups -OCH3 is 1. The number of carboxylic acid groups (broad SMARTS) is 1. The van der Waals surface area contributed by atoms with E-state index in [9.17, 15) is 18.0 Å². The average molecular weight is 585 g/mol. The number of aliphatic carboxylic acids is 1. The second-order valence-corrected chi connectivity index (χ2v) is 10.0. The minimum absolute atomic E-state index is 0.00835. The first-order valence-electron chi connectivity index (χ1n) is 13.0. The fraction of sp³-hybridized carbons (Fsp3) is 0.310. The van der Waals surface area contributed by atoms with Crippen molar-refractivity contribution in [1.29, 1.82) is 0 Å². The van der Waals surface area contributed by atoms with Gasteiger partial charge in [0, 0.05) is 36.1 Å². The Bertz CT molecular complexity index is 1590. The number of hydrogen-bond acceptors (Lipinski definition) is 7. The van der Waals surface area contributed by atoms with Gasteiger partial charge < -0.3 is 29.9 Å². The summed E-state index contributed by atoms with van der Waals surface area (Å²) in [6.45, 7) is 3.98. The Labute approximate surface area is 240 Å². The van der Waals surface area contributed by atoms with Gasteiger partial charge in [-0.1, -0.05) is 11.6 Å². The van der Waals surface area contributed by atoms with Crippen molar-refractivity contribution in [2.24, 2.45) is 0 Å². The summed E-state index contributed by atoms with van der Waals surface area (Å²) in [5.41, 5.74) is 5.21. The number of aryl methyl sites for hydroxylation is 1. The predicted octanol–water partition coefficient (Wildman–Crippen LogP) is 5.09. The summed E-state index contributed by atoms with van der Waals surface area (Å²) in [5.74, 6) is -1.61. The first-order valence-corrected chi connectivity index (χ1v) is 13.0. The molecule has 13 heteroatoms. The molecule has 1 amide bonds. The van der Waals surface area contributed by atoms with Gasteiger partial charge in [0.1, 0.15) is 17.3 Å². The van der Waals surface area contributed by atoms with Crippen LogP contribution in [0.1, 0.15) is 22.3 Å². The number of amides is 1. The molecule has 42 heavy (non-hydrogen) atoms. The molecule has 4 aromatic rings. The van der Waals surface area contributed by atoms with Crippen molar-refractivity contribution in [2.45, 2.75) is 25.6 Å². The number of alkyl halides is 3. The smallest absolute Gasteiger partial charge is 0.490 e. The topological polar surface area (TPSA) is 124 Å². The van der Waals surface area contributed by atoms with Gasteiger partial charge in [-0.2, -0.15) is 13.2 Å². The van der Waals surface area contributed by atoms with Gasteiger partial charge >= 0.3 is 12.1 Å². The lowest BCUT2D eigenvalue weighted by Gasteiger charge is -2.25. The fourth-order valence-corrected chi connectivity index (χ4v) is 4.61. The van der Waals surface area contributed by atoms with E-state index >= 15 is 0 Å². The number of rotatable bonds is 6. The lowest BCUT2D eigenvalue weighted by atomic mass is 10.1. The predicted molar refractivity (Wildman–Crippen MR) is 152 cm³/mol. The molecule has 10 nitrogen and oxygen atoms in total. The molecule has 0 saturated carbocycles. The van der Waals surface area contributed by atoms with E-state index in [0.29, 0.717) is 22.8 Å². The number of aromatic nitrogens is 3. The van der Waals surface area contributed by atoms with Crippen LogP contribution in [0.4, 0.5) is 24.7 Å². The highest BCUT2D eigenvalue weighted by Crippen LogP contribution is 2.30. The zero-order valence-corrected chi connectivity index (χ0v) is 23.5. The van der Waals surface area contributed by atoms with Crippen LogP contribution in [0.3, 0.4) is 0 Å². The minimum atomic E-state index is -5.08. The first kappa shape index (κ1) is 30.3. The van der Waals surface area contributed by atoms with Crippen LogP contribution in [-0.2, 0) is 4.79 Å². The molecule has 1 fully saturated rings. The number of carbonyl (C=O) groups excluding carboxylic acids is 1. The molecule has 0 aliphatic carbocycles. The molecular weight excluding hydrogens is 553 g/mol. The van der Waals surface area contributed by atoms with Crippen LogP contribution < -0.4 is 10.1 Å². The number of H-pyrrole nitrogens is 1. The van der Waals surface area contributed by atoms with E-state index in [1.54, 1.807) is 25.6 Å². The number of benzene rings is 2. The van der Waals surface area contributed by atoms with Gasteiger partial charge in [0.25, 0.3) is 5.91 Å². The van der Waals surface area contributed by atoms with Crippen LogP contribution in [0.25, 0.3) is 22.3 Å². The lowest BCUT2D eigenvalue weighted by Crippen LogP contribution is -2.38. The van der Waals surface area contributed by atoms with Gasteiger partial charge in [-0.15, -0.1) is 0 Å². The number of nitrogens with zero attached hydrogens (tertiary/aromatic N) is 4. The van der Waals surface area contributed by atoms with Crippen LogP contribution >= 0.6 is 0 Å². The number of likely N-dealkylation sites (N-methyl/N-ethyl adjacent to an activating group) is 2. The Hall–Kier alpha value is -4.65. The van der Waals surface area contributed by atoms with Crippen LogP contribution in [0.2, 0.25) is 0 Å². The van der Waals surface area contributed by atoms with Gasteiger partial charge in [0.05, 0.1) is 30.9 Å². The molecule has 1 saturated heterocycles.